The number of nitrogens with zero attached hydrogens (tertiary/aromatic N) is 2. The summed E-state index contributed by atoms with van der Waals surface area (Å²) in [6.07, 6.45) is 0.248. The Morgan fingerprint density at radius 2 is 1.94 bits per heavy atom. The van der Waals surface area contributed by atoms with Crippen molar-refractivity contribution in [2.24, 2.45) is 10.7 Å². The van der Waals surface area contributed by atoms with Gasteiger partial charge in [0.1, 0.15) is 11.9 Å². The first-order valence-corrected chi connectivity index (χ1v) is 9.66. The maximum atomic E-state index is 13.3. The van der Waals surface area contributed by atoms with E-state index in [2.05, 4.69) is 21.6 Å². The van der Waals surface area contributed by atoms with E-state index in [0.29, 0.717) is 24.0 Å². The Labute approximate surface area is 179 Å². The molecule has 3 N–H and O–H groups in total. The lowest BCUT2D eigenvalue weighted by molar-refractivity contribution is -0.129. The number of aliphatic imine (C=N–C) groups is 1. The van der Waals surface area contributed by atoms with Crippen LogP contribution in [0.2, 0.25) is 0 Å². The summed E-state index contributed by atoms with van der Waals surface area (Å²) in [6.45, 7) is -1.28. The van der Waals surface area contributed by atoms with E-state index in [4.69, 9.17) is 5.73 Å². The van der Waals surface area contributed by atoms with Crippen molar-refractivity contribution < 1.29 is 23.4 Å². The number of amides is 1. The molecular weight excluding hydrogens is 404 g/mol. The van der Waals surface area contributed by atoms with Crippen LogP contribution >= 0.6 is 0 Å². The molecule has 2 unspecified atom stereocenters. The lowest BCUT2D eigenvalue weighted by Gasteiger charge is -2.26. The maximum absolute atomic E-state index is 13.3. The average Bonchev–Trinajstić information content (AvgIpc) is 2.98. The summed E-state index contributed by atoms with van der Waals surface area (Å²) in [5.41, 5.74) is 6.47. The summed E-state index contributed by atoms with van der Waals surface area (Å²) >= 11 is 0. The highest BCUT2D eigenvalue weighted by atomic mass is 19.3. The van der Waals surface area contributed by atoms with Crippen LogP contribution in [0, 0.1) is 11.8 Å². The van der Waals surface area contributed by atoms with Gasteiger partial charge in [0, 0.05) is 7.05 Å². The Kier molecular flexibility index (Phi) is 6.56. The van der Waals surface area contributed by atoms with Crippen molar-refractivity contribution >= 4 is 11.9 Å². The van der Waals surface area contributed by atoms with E-state index in [1.165, 1.54) is 36.2 Å². The van der Waals surface area contributed by atoms with E-state index in [1.807, 2.05) is 12.1 Å². The van der Waals surface area contributed by atoms with Crippen LogP contribution in [0.3, 0.4) is 0 Å². The number of likely N-dealkylation sites (N-methyl/N-ethyl adjacent to an activating group) is 1. The van der Waals surface area contributed by atoms with Crippen LogP contribution in [-0.2, 0) is 16.8 Å². The molecule has 2 aromatic carbocycles. The van der Waals surface area contributed by atoms with Gasteiger partial charge >= 0.3 is 6.61 Å². The van der Waals surface area contributed by atoms with Gasteiger partial charge in [-0.3, -0.25) is 9.69 Å². The summed E-state index contributed by atoms with van der Waals surface area (Å²) in [4.78, 5) is 19.0. The second-order valence-electron chi connectivity index (χ2n) is 7.10. The minimum atomic E-state index is -2.95. The number of benzene rings is 2. The molecule has 31 heavy (non-hydrogen) atoms. The first-order chi connectivity index (χ1) is 14.8. The van der Waals surface area contributed by atoms with E-state index in [-0.39, 0.29) is 17.6 Å². The zero-order valence-corrected chi connectivity index (χ0v) is 17.2. The molecule has 1 aliphatic rings. The number of aliphatic hydroxyl groups excluding tert-OH is 1. The molecule has 0 spiro atoms. The van der Waals surface area contributed by atoms with Crippen molar-refractivity contribution in [2.75, 3.05) is 7.05 Å². The van der Waals surface area contributed by atoms with Gasteiger partial charge in [0.15, 0.2) is 11.5 Å². The first kappa shape index (κ1) is 22.2. The zero-order chi connectivity index (χ0) is 22.6. The third-order valence-electron chi connectivity index (χ3n) is 5.10. The fourth-order valence-corrected chi connectivity index (χ4v) is 3.56. The largest absolute Gasteiger partial charge is 0.435 e. The van der Waals surface area contributed by atoms with E-state index < -0.39 is 18.3 Å². The van der Waals surface area contributed by atoms with Gasteiger partial charge in [-0.15, -0.1) is 5.92 Å². The van der Waals surface area contributed by atoms with Crippen molar-refractivity contribution in [2.45, 2.75) is 38.0 Å². The normalized spacial score (nSPS) is 19.1. The molecule has 6 nitrogen and oxygen atoms in total. The van der Waals surface area contributed by atoms with Crippen LogP contribution in [0.15, 0.2) is 53.5 Å². The zero-order valence-electron chi connectivity index (χ0n) is 17.2. The molecule has 0 aliphatic carbocycles. The Balaban J connectivity index is 2.02. The van der Waals surface area contributed by atoms with Crippen molar-refractivity contribution in [1.82, 2.24) is 4.90 Å². The number of guanidine groups is 1. The predicted molar refractivity (Wildman–Crippen MR) is 112 cm³/mol. The number of ether oxygens (including phenoxy) is 1. The third kappa shape index (κ3) is 4.52. The molecule has 1 aliphatic heterocycles. The molecule has 162 valence electrons. The number of hydrogen-bond donors (Lipinski definition) is 2. The number of carbonyl (C=O) groups is 1. The van der Waals surface area contributed by atoms with Crippen LogP contribution in [0.25, 0.3) is 0 Å². The van der Waals surface area contributed by atoms with Gasteiger partial charge in [-0.2, -0.15) is 8.78 Å². The standard InChI is InChI=1S/C23H23F2N3O3/c1-3-5-18(29)11-8-15-6-4-7-17(14-15)23(20(30)28(2)22(26)27-23)16-9-12-19(13-10-16)31-21(24)25/h4,6-7,9-10,12-14,18,21,29H,8,11H2,1-2H3,(H2,26,27). The van der Waals surface area contributed by atoms with Crippen LogP contribution < -0.4 is 10.5 Å². The molecule has 1 heterocycles. The molecule has 0 radical (unpaired) electrons. The van der Waals surface area contributed by atoms with E-state index in [1.54, 1.807) is 19.1 Å². The minimum Gasteiger partial charge on any atom is -0.435 e. The minimum absolute atomic E-state index is 0.0237. The molecule has 2 atom stereocenters. The van der Waals surface area contributed by atoms with Crippen molar-refractivity contribution in [3.8, 4) is 17.6 Å². The second kappa shape index (κ2) is 9.14. The van der Waals surface area contributed by atoms with E-state index in [9.17, 15) is 18.7 Å². The molecule has 0 fully saturated rings. The molecule has 8 heteroatoms. The summed E-state index contributed by atoms with van der Waals surface area (Å²) in [5.74, 6) is 5.05. The quantitative estimate of drug-likeness (QED) is 0.665. The molecular formula is C23H23F2N3O3. The van der Waals surface area contributed by atoms with Gasteiger partial charge in [-0.1, -0.05) is 42.3 Å². The highest BCUT2D eigenvalue weighted by Gasteiger charge is 2.49. The summed E-state index contributed by atoms with van der Waals surface area (Å²) in [6, 6.07) is 13.1. The van der Waals surface area contributed by atoms with Crippen molar-refractivity contribution in [3.63, 3.8) is 0 Å². The Morgan fingerprint density at radius 3 is 2.52 bits per heavy atom. The molecule has 3 rings (SSSR count). The first-order valence-electron chi connectivity index (χ1n) is 9.66. The Morgan fingerprint density at radius 1 is 1.23 bits per heavy atom. The number of aryl methyl sites for hydroxylation is 1. The highest BCUT2D eigenvalue weighted by Crippen LogP contribution is 2.40. The van der Waals surface area contributed by atoms with Crippen LogP contribution in [0.1, 0.15) is 30.0 Å². The van der Waals surface area contributed by atoms with Crippen LogP contribution in [0.4, 0.5) is 8.78 Å². The predicted octanol–water partition coefficient (Wildman–Crippen LogP) is 2.64. The van der Waals surface area contributed by atoms with Crippen LogP contribution in [0.5, 0.6) is 5.75 Å². The lowest BCUT2D eigenvalue weighted by atomic mass is 9.82. The van der Waals surface area contributed by atoms with Gasteiger partial charge in [-0.25, -0.2) is 4.99 Å². The number of nitrogens with two attached hydrogens (primary N) is 1. The summed E-state index contributed by atoms with van der Waals surface area (Å²) < 4.78 is 29.4. The third-order valence-corrected chi connectivity index (χ3v) is 5.10. The number of hydrogen-bond acceptors (Lipinski definition) is 5. The number of rotatable bonds is 7. The smallest absolute Gasteiger partial charge is 0.387 e. The molecule has 0 bridgehead atoms. The molecule has 0 aromatic heterocycles. The van der Waals surface area contributed by atoms with Gasteiger partial charge in [0.2, 0.25) is 0 Å². The fraction of sp³-hybridized carbons (Fsp3) is 0.304. The second-order valence-corrected chi connectivity index (χ2v) is 7.10. The molecule has 0 saturated heterocycles. The van der Waals surface area contributed by atoms with Crippen LogP contribution in [-0.4, -0.2) is 41.6 Å². The van der Waals surface area contributed by atoms with Crippen molar-refractivity contribution in [3.05, 3.63) is 65.2 Å². The number of halogens is 2. The van der Waals surface area contributed by atoms with Crippen molar-refractivity contribution in [1.29, 1.82) is 0 Å². The highest BCUT2D eigenvalue weighted by molar-refractivity contribution is 6.08. The number of alkyl halides is 2. The monoisotopic (exact) mass is 427 g/mol. The summed E-state index contributed by atoms with van der Waals surface area (Å²) in [7, 11) is 1.53. The fourth-order valence-electron chi connectivity index (χ4n) is 3.56. The summed E-state index contributed by atoms with van der Waals surface area (Å²) in [5, 5.41) is 9.88. The Hall–Kier alpha value is -3.44. The van der Waals surface area contributed by atoms with Gasteiger partial charge < -0.3 is 15.6 Å². The molecule has 2 aromatic rings. The molecule has 1 amide bonds. The molecule has 0 saturated carbocycles. The van der Waals surface area contributed by atoms with E-state index in [0.717, 1.165) is 5.56 Å². The number of carbonyl (C=O) groups excluding carboxylic acids is 1. The van der Waals surface area contributed by atoms with Gasteiger partial charge in [0.05, 0.1) is 0 Å². The SMILES string of the molecule is CC#CC(O)CCc1cccc(C2(c3ccc(OC(F)F)cc3)N=C(N)N(C)C2=O)c1. The van der Waals surface area contributed by atoms with Gasteiger partial charge in [-0.05, 0) is 48.6 Å². The van der Waals surface area contributed by atoms with Gasteiger partial charge in [0.25, 0.3) is 5.91 Å². The average molecular weight is 427 g/mol. The maximum Gasteiger partial charge on any atom is 0.387 e. The Bertz CT molecular complexity index is 1040. The van der Waals surface area contributed by atoms with E-state index >= 15 is 0 Å². The number of aliphatic hydroxyl groups is 1. The topological polar surface area (TPSA) is 88.2 Å². The lowest BCUT2D eigenvalue weighted by Crippen LogP contribution is -2.41.